The van der Waals surface area contributed by atoms with Crippen molar-refractivity contribution >= 4 is 11.6 Å². The zero-order chi connectivity index (χ0) is 15.9. The van der Waals surface area contributed by atoms with Crippen molar-refractivity contribution in [3.05, 3.63) is 23.8 Å². The molecule has 2 rings (SSSR count). The summed E-state index contributed by atoms with van der Waals surface area (Å²) in [6.07, 6.45) is 1.25. The topological polar surface area (TPSA) is 67.6 Å². The minimum Gasteiger partial charge on any atom is -0.491 e. The number of aryl methyl sites for hydroxylation is 1. The smallest absolute Gasteiger partial charge is 0.222 e. The number of benzene rings is 1. The Labute approximate surface area is 132 Å². The van der Waals surface area contributed by atoms with Crippen LogP contribution in [0.15, 0.2) is 18.2 Å². The summed E-state index contributed by atoms with van der Waals surface area (Å²) in [6.45, 7) is 8.26. The van der Waals surface area contributed by atoms with Crippen molar-refractivity contribution in [3.8, 4) is 5.75 Å². The van der Waals surface area contributed by atoms with Gasteiger partial charge >= 0.3 is 0 Å². The summed E-state index contributed by atoms with van der Waals surface area (Å²) in [6, 6.07) is 5.82. The van der Waals surface area contributed by atoms with Crippen molar-refractivity contribution in [2.75, 3.05) is 38.5 Å². The summed E-state index contributed by atoms with van der Waals surface area (Å²) in [4.78, 5) is 14.1. The Morgan fingerprint density at radius 1 is 1.36 bits per heavy atom. The quantitative estimate of drug-likeness (QED) is 0.785. The van der Waals surface area contributed by atoms with E-state index in [1.54, 1.807) is 0 Å². The van der Waals surface area contributed by atoms with E-state index in [9.17, 15) is 4.79 Å². The Kier molecular flexibility index (Phi) is 6.07. The summed E-state index contributed by atoms with van der Waals surface area (Å²) in [5.74, 6) is 1.42. The highest BCUT2D eigenvalue weighted by molar-refractivity contribution is 5.76. The lowest BCUT2D eigenvalue weighted by Gasteiger charge is -2.27. The molecule has 0 atom stereocenters. The fraction of sp³-hybridized carbons (Fsp3) is 0.588. The highest BCUT2D eigenvalue weighted by Gasteiger charge is 2.15. The Balaban J connectivity index is 1.85. The largest absolute Gasteiger partial charge is 0.491 e. The van der Waals surface area contributed by atoms with E-state index < -0.39 is 0 Å². The van der Waals surface area contributed by atoms with Crippen LogP contribution in [0.25, 0.3) is 0 Å². The maximum atomic E-state index is 12.1. The van der Waals surface area contributed by atoms with E-state index in [1.165, 1.54) is 0 Å². The number of nitrogens with two attached hydrogens (primary N) is 1. The molecule has 5 nitrogen and oxygen atoms in total. The number of rotatable bonds is 6. The van der Waals surface area contributed by atoms with Gasteiger partial charge in [0.1, 0.15) is 5.75 Å². The number of hydrogen-bond acceptors (Lipinski definition) is 4. The van der Waals surface area contributed by atoms with Crippen molar-refractivity contribution in [3.63, 3.8) is 0 Å². The minimum atomic E-state index is 0.222. The van der Waals surface area contributed by atoms with Gasteiger partial charge in [-0.3, -0.25) is 4.79 Å². The second-order valence-electron chi connectivity index (χ2n) is 6.21. The van der Waals surface area contributed by atoms with Crippen LogP contribution >= 0.6 is 0 Å². The fourth-order valence-corrected chi connectivity index (χ4v) is 2.46. The van der Waals surface area contributed by atoms with Crippen molar-refractivity contribution in [2.24, 2.45) is 5.92 Å². The first-order chi connectivity index (χ1) is 10.6. The first-order valence-electron chi connectivity index (χ1n) is 8.06. The SMILES string of the molecule is CC(C)COc1ccc(CCC(=O)N2CCNCC2)cc1N. The van der Waals surface area contributed by atoms with Crippen LogP contribution in [0.4, 0.5) is 5.69 Å². The van der Waals surface area contributed by atoms with Gasteiger partial charge in [0.15, 0.2) is 0 Å². The van der Waals surface area contributed by atoms with Crippen LogP contribution in [-0.2, 0) is 11.2 Å². The van der Waals surface area contributed by atoms with Crippen molar-refractivity contribution in [1.29, 1.82) is 0 Å². The van der Waals surface area contributed by atoms with Crippen LogP contribution in [0.3, 0.4) is 0 Å². The standard InChI is InChI=1S/C17H27N3O2/c1-13(2)12-22-16-5-3-14(11-15(16)18)4-6-17(21)20-9-7-19-8-10-20/h3,5,11,13,19H,4,6-10,12,18H2,1-2H3. The van der Waals surface area contributed by atoms with Crippen LogP contribution in [0, 0.1) is 5.92 Å². The van der Waals surface area contributed by atoms with Crippen LogP contribution in [0.1, 0.15) is 25.8 Å². The molecule has 0 radical (unpaired) electrons. The molecule has 1 aromatic carbocycles. The number of amides is 1. The average molecular weight is 305 g/mol. The van der Waals surface area contributed by atoms with Gasteiger partial charge in [0.05, 0.1) is 12.3 Å². The van der Waals surface area contributed by atoms with Gasteiger partial charge in [-0.2, -0.15) is 0 Å². The van der Waals surface area contributed by atoms with E-state index in [-0.39, 0.29) is 5.91 Å². The van der Waals surface area contributed by atoms with E-state index in [2.05, 4.69) is 19.2 Å². The zero-order valence-corrected chi connectivity index (χ0v) is 13.6. The molecular formula is C17H27N3O2. The molecule has 1 aliphatic heterocycles. The third-order valence-corrected chi connectivity index (χ3v) is 3.74. The lowest BCUT2D eigenvalue weighted by atomic mass is 10.1. The number of nitrogen functional groups attached to an aromatic ring is 1. The molecule has 3 N–H and O–H groups in total. The number of nitrogens with one attached hydrogen (secondary N) is 1. The molecule has 0 saturated carbocycles. The van der Waals surface area contributed by atoms with Crippen LogP contribution < -0.4 is 15.8 Å². The molecule has 5 heteroatoms. The second kappa shape index (κ2) is 8.03. The molecule has 0 bridgehead atoms. The van der Waals surface area contributed by atoms with Gasteiger partial charge in [-0.25, -0.2) is 0 Å². The zero-order valence-electron chi connectivity index (χ0n) is 13.6. The lowest BCUT2D eigenvalue weighted by Crippen LogP contribution is -2.46. The van der Waals surface area contributed by atoms with Gasteiger partial charge in [-0.05, 0) is 30.0 Å². The summed E-state index contributed by atoms with van der Waals surface area (Å²) in [5.41, 5.74) is 7.76. The molecule has 0 spiro atoms. The Morgan fingerprint density at radius 2 is 2.09 bits per heavy atom. The maximum Gasteiger partial charge on any atom is 0.222 e. The molecular weight excluding hydrogens is 278 g/mol. The number of nitrogens with zero attached hydrogens (tertiary/aromatic N) is 1. The minimum absolute atomic E-state index is 0.222. The number of carbonyl (C=O) groups excluding carboxylic acids is 1. The molecule has 1 saturated heterocycles. The predicted octanol–water partition coefficient (Wildman–Crippen LogP) is 1.67. The summed E-state index contributed by atoms with van der Waals surface area (Å²) >= 11 is 0. The van der Waals surface area contributed by atoms with Gasteiger partial charge in [0.25, 0.3) is 0 Å². The molecule has 1 aromatic rings. The van der Waals surface area contributed by atoms with Crippen LogP contribution in [-0.4, -0.2) is 43.6 Å². The van der Waals surface area contributed by atoms with Crippen molar-refractivity contribution < 1.29 is 9.53 Å². The molecule has 0 aromatic heterocycles. The fourth-order valence-electron chi connectivity index (χ4n) is 2.46. The maximum absolute atomic E-state index is 12.1. The number of ether oxygens (including phenoxy) is 1. The molecule has 22 heavy (non-hydrogen) atoms. The van der Waals surface area contributed by atoms with Gasteiger partial charge in [-0.15, -0.1) is 0 Å². The summed E-state index contributed by atoms with van der Waals surface area (Å²) in [7, 11) is 0. The first kappa shape index (κ1) is 16.6. The Hall–Kier alpha value is -1.75. The van der Waals surface area contributed by atoms with Crippen LogP contribution in [0.5, 0.6) is 5.75 Å². The van der Waals surface area contributed by atoms with E-state index in [0.29, 0.717) is 24.6 Å². The monoisotopic (exact) mass is 305 g/mol. The van der Waals surface area contributed by atoms with Crippen molar-refractivity contribution in [2.45, 2.75) is 26.7 Å². The summed E-state index contributed by atoms with van der Waals surface area (Å²) < 4.78 is 5.67. The molecule has 1 aliphatic rings. The van der Waals surface area contributed by atoms with Gasteiger partial charge in [-0.1, -0.05) is 19.9 Å². The molecule has 1 amide bonds. The van der Waals surface area contributed by atoms with Crippen molar-refractivity contribution in [1.82, 2.24) is 10.2 Å². The van der Waals surface area contributed by atoms with Gasteiger partial charge in [0, 0.05) is 32.6 Å². The van der Waals surface area contributed by atoms with Crippen LogP contribution in [0.2, 0.25) is 0 Å². The molecule has 1 heterocycles. The third kappa shape index (κ3) is 4.91. The number of carbonyl (C=O) groups is 1. The number of anilines is 1. The van der Waals surface area contributed by atoms with Gasteiger partial charge < -0.3 is 20.7 Å². The average Bonchev–Trinajstić information content (AvgIpc) is 2.52. The van der Waals surface area contributed by atoms with Gasteiger partial charge in [0.2, 0.25) is 5.91 Å². The van der Waals surface area contributed by atoms with E-state index >= 15 is 0 Å². The number of piperazine rings is 1. The van der Waals surface area contributed by atoms with E-state index in [4.69, 9.17) is 10.5 Å². The summed E-state index contributed by atoms with van der Waals surface area (Å²) in [5, 5.41) is 3.25. The predicted molar refractivity (Wildman–Crippen MR) is 89.0 cm³/mol. The third-order valence-electron chi connectivity index (χ3n) is 3.74. The molecule has 0 unspecified atom stereocenters. The Bertz CT molecular complexity index is 497. The first-order valence-corrected chi connectivity index (χ1v) is 8.06. The lowest BCUT2D eigenvalue weighted by molar-refractivity contribution is -0.131. The number of hydrogen-bond donors (Lipinski definition) is 2. The Morgan fingerprint density at radius 3 is 2.73 bits per heavy atom. The normalized spacial score (nSPS) is 15.1. The highest BCUT2D eigenvalue weighted by Crippen LogP contribution is 2.23. The molecule has 0 aliphatic carbocycles. The molecule has 122 valence electrons. The second-order valence-corrected chi connectivity index (χ2v) is 6.21. The van der Waals surface area contributed by atoms with E-state index in [1.807, 2.05) is 23.1 Å². The molecule has 1 fully saturated rings. The highest BCUT2D eigenvalue weighted by atomic mass is 16.5. The van der Waals surface area contributed by atoms with E-state index in [0.717, 1.165) is 43.9 Å².